The molecule has 138 valence electrons. The molecule has 0 atom stereocenters. The molecular formula is C19H17ClN4O3. The molecule has 0 bridgehead atoms. The van der Waals surface area contributed by atoms with Crippen LogP contribution in [0.2, 0.25) is 5.02 Å². The maximum Gasteiger partial charge on any atom is 0.335 e. The minimum Gasteiger partial charge on any atom is -0.495 e. The SMILES string of the molecule is COc1ccc(Nc2cc(Nc3cccc(C(=O)O)c3)nc(C)n2)cc1Cl. The second kappa shape index (κ2) is 7.92. The molecule has 0 aliphatic rings. The number of benzene rings is 2. The molecule has 0 aliphatic carbocycles. The van der Waals surface area contributed by atoms with Gasteiger partial charge in [-0.1, -0.05) is 17.7 Å². The van der Waals surface area contributed by atoms with Crippen molar-refractivity contribution in [3.05, 3.63) is 64.9 Å². The molecule has 7 nitrogen and oxygen atoms in total. The number of nitrogens with zero attached hydrogens (tertiary/aromatic N) is 2. The number of hydrogen-bond acceptors (Lipinski definition) is 6. The van der Waals surface area contributed by atoms with Crippen LogP contribution in [0.3, 0.4) is 0 Å². The van der Waals surface area contributed by atoms with Crippen LogP contribution in [-0.4, -0.2) is 28.2 Å². The minimum absolute atomic E-state index is 0.192. The van der Waals surface area contributed by atoms with Crippen molar-refractivity contribution in [2.45, 2.75) is 6.92 Å². The molecule has 0 saturated carbocycles. The van der Waals surface area contributed by atoms with E-state index in [2.05, 4.69) is 20.6 Å². The summed E-state index contributed by atoms with van der Waals surface area (Å²) >= 11 is 6.15. The molecule has 8 heteroatoms. The van der Waals surface area contributed by atoms with Crippen LogP contribution in [0.1, 0.15) is 16.2 Å². The fourth-order valence-electron chi connectivity index (χ4n) is 2.47. The van der Waals surface area contributed by atoms with Gasteiger partial charge in [0.2, 0.25) is 0 Å². The predicted octanol–water partition coefficient (Wildman–Crippen LogP) is 4.63. The number of hydrogen-bond donors (Lipinski definition) is 3. The van der Waals surface area contributed by atoms with Gasteiger partial charge < -0.3 is 20.5 Å². The number of carboxylic acid groups (broad SMARTS) is 1. The van der Waals surface area contributed by atoms with Crippen LogP contribution in [0.15, 0.2) is 48.5 Å². The quantitative estimate of drug-likeness (QED) is 0.570. The van der Waals surface area contributed by atoms with Crippen LogP contribution in [0.5, 0.6) is 5.75 Å². The first-order chi connectivity index (χ1) is 12.9. The van der Waals surface area contributed by atoms with E-state index in [1.807, 2.05) is 6.07 Å². The number of aromatic nitrogens is 2. The van der Waals surface area contributed by atoms with Gasteiger partial charge in [-0.25, -0.2) is 14.8 Å². The molecule has 0 spiro atoms. The lowest BCUT2D eigenvalue weighted by molar-refractivity contribution is 0.0697. The number of anilines is 4. The zero-order valence-electron chi connectivity index (χ0n) is 14.7. The summed E-state index contributed by atoms with van der Waals surface area (Å²) in [7, 11) is 1.55. The van der Waals surface area contributed by atoms with Gasteiger partial charge in [0.1, 0.15) is 23.2 Å². The topological polar surface area (TPSA) is 96.4 Å². The first-order valence-electron chi connectivity index (χ1n) is 8.01. The summed E-state index contributed by atoms with van der Waals surface area (Å²) in [6.07, 6.45) is 0. The highest BCUT2D eigenvalue weighted by Gasteiger charge is 2.07. The van der Waals surface area contributed by atoms with Gasteiger partial charge in [0.05, 0.1) is 17.7 Å². The molecule has 0 saturated heterocycles. The van der Waals surface area contributed by atoms with E-state index in [9.17, 15) is 4.79 Å². The monoisotopic (exact) mass is 384 g/mol. The molecule has 2 aromatic carbocycles. The standard InChI is InChI=1S/C19H17ClN4O3/c1-11-21-17(23-13-5-3-4-12(8-13)19(25)26)10-18(22-11)24-14-6-7-16(27-2)15(20)9-14/h3-10H,1-2H3,(H,25,26)(H2,21,22,23,24). The van der Waals surface area contributed by atoms with Crippen molar-refractivity contribution in [3.8, 4) is 5.75 Å². The molecule has 0 unspecified atom stereocenters. The molecule has 0 aliphatic heterocycles. The van der Waals surface area contributed by atoms with E-state index in [1.165, 1.54) is 12.1 Å². The van der Waals surface area contributed by atoms with Crippen molar-refractivity contribution < 1.29 is 14.6 Å². The van der Waals surface area contributed by atoms with Gasteiger partial charge in [0.15, 0.2) is 0 Å². The summed E-state index contributed by atoms with van der Waals surface area (Å²) in [6.45, 7) is 1.77. The Morgan fingerprint density at radius 2 is 1.70 bits per heavy atom. The van der Waals surface area contributed by atoms with E-state index < -0.39 is 5.97 Å². The van der Waals surface area contributed by atoms with Crippen molar-refractivity contribution in [2.24, 2.45) is 0 Å². The third-order valence-electron chi connectivity index (χ3n) is 3.64. The van der Waals surface area contributed by atoms with Gasteiger partial charge in [-0.2, -0.15) is 0 Å². The fourth-order valence-corrected chi connectivity index (χ4v) is 2.72. The van der Waals surface area contributed by atoms with Crippen LogP contribution in [0.4, 0.5) is 23.0 Å². The highest BCUT2D eigenvalue weighted by Crippen LogP contribution is 2.29. The number of rotatable bonds is 6. The molecule has 1 heterocycles. The van der Waals surface area contributed by atoms with Crippen molar-refractivity contribution in [1.82, 2.24) is 9.97 Å². The zero-order valence-corrected chi connectivity index (χ0v) is 15.4. The van der Waals surface area contributed by atoms with Crippen LogP contribution >= 0.6 is 11.6 Å². The van der Waals surface area contributed by atoms with Crippen molar-refractivity contribution in [1.29, 1.82) is 0 Å². The Labute approximate surface area is 161 Å². The lowest BCUT2D eigenvalue weighted by atomic mass is 10.2. The summed E-state index contributed by atoms with van der Waals surface area (Å²) < 4.78 is 5.14. The smallest absolute Gasteiger partial charge is 0.335 e. The minimum atomic E-state index is -0.990. The zero-order chi connectivity index (χ0) is 19.4. The molecule has 27 heavy (non-hydrogen) atoms. The van der Waals surface area contributed by atoms with Crippen LogP contribution in [-0.2, 0) is 0 Å². The highest BCUT2D eigenvalue weighted by molar-refractivity contribution is 6.32. The number of nitrogens with one attached hydrogen (secondary N) is 2. The Kier molecular flexibility index (Phi) is 5.42. The summed E-state index contributed by atoms with van der Waals surface area (Å²) in [6, 6.07) is 13.5. The van der Waals surface area contributed by atoms with Gasteiger partial charge in [-0.3, -0.25) is 0 Å². The number of methoxy groups -OCH3 is 1. The number of halogens is 1. The highest BCUT2D eigenvalue weighted by atomic mass is 35.5. The third kappa shape index (κ3) is 4.65. The number of aromatic carboxylic acids is 1. The molecule has 1 aromatic heterocycles. The molecule has 0 amide bonds. The van der Waals surface area contributed by atoms with Crippen molar-refractivity contribution in [2.75, 3.05) is 17.7 Å². The van der Waals surface area contributed by atoms with E-state index in [-0.39, 0.29) is 5.56 Å². The number of carbonyl (C=O) groups is 1. The predicted molar refractivity (Wildman–Crippen MR) is 105 cm³/mol. The van der Waals surface area contributed by atoms with E-state index in [1.54, 1.807) is 44.4 Å². The van der Waals surface area contributed by atoms with Crippen LogP contribution in [0.25, 0.3) is 0 Å². The summed E-state index contributed by atoms with van der Waals surface area (Å²) in [4.78, 5) is 19.8. The van der Waals surface area contributed by atoms with E-state index in [0.717, 1.165) is 5.69 Å². The fraction of sp³-hybridized carbons (Fsp3) is 0.105. The lowest BCUT2D eigenvalue weighted by Gasteiger charge is -2.11. The van der Waals surface area contributed by atoms with Crippen molar-refractivity contribution in [3.63, 3.8) is 0 Å². The maximum atomic E-state index is 11.1. The average Bonchev–Trinajstić information content (AvgIpc) is 2.61. The van der Waals surface area contributed by atoms with Crippen LogP contribution < -0.4 is 15.4 Å². The Balaban J connectivity index is 1.83. The molecule has 0 fully saturated rings. The Bertz CT molecular complexity index is 994. The first-order valence-corrected chi connectivity index (χ1v) is 8.39. The largest absolute Gasteiger partial charge is 0.495 e. The molecule has 3 aromatic rings. The number of ether oxygens (including phenoxy) is 1. The third-order valence-corrected chi connectivity index (χ3v) is 3.94. The summed E-state index contributed by atoms with van der Waals surface area (Å²) in [5.41, 5.74) is 1.56. The summed E-state index contributed by atoms with van der Waals surface area (Å²) in [5, 5.41) is 15.9. The van der Waals surface area contributed by atoms with Gasteiger partial charge in [0, 0.05) is 17.4 Å². The maximum absolute atomic E-state index is 11.1. The van der Waals surface area contributed by atoms with E-state index in [4.69, 9.17) is 21.4 Å². The van der Waals surface area contributed by atoms with Gasteiger partial charge >= 0.3 is 5.97 Å². The number of carboxylic acids is 1. The van der Waals surface area contributed by atoms with Gasteiger partial charge in [-0.15, -0.1) is 0 Å². The van der Waals surface area contributed by atoms with Crippen LogP contribution in [0, 0.1) is 6.92 Å². The summed E-state index contributed by atoms with van der Waals surface area (Å²) in [5.74, 6) is 1.25. The van der Waals surface area contributed by atoms with E-state index in [0.29, 0.717) is 33.9 Å². The molecule has 0 radical (unpaired) electrons. The molecule has 3 N–H and O–H groups in total. The van der Waals surface area contributed by atoms with Gasteiger partial charge in [0.25, 0.3) is 0 Å². The lowest BCUT2D eigenvalue weighted by Crippen LogP contribution is -2.02. The average molecular weight is 385 g/mol. The second-order valence-corrected chi connectivity index (χ2v) is 6.08. The Morgan fingerprint density at radius 1 is 1.04 bits per heavy atom. The molecule has 3 rings (SSSR count). The van der Waals surface area contributed by atoms with Gasteiger partial charge in [-0.05, 0) is 43.3 Å². The number of aryl methyl sites for hydroxylation is 1. The Hall–Kier alpha value is -3.32. The first kappa shape index (κ1) is 18.5. The Morgan fingerprint density at radius 3 is 2.30 bits per heavy atom. The van der Waals surface area contributed by atoms with Crippen molar-refractivity contribution >= 4 is 40.6 Å². The molecular weight excluding hydrogens is 368 g/mol. The second-order valence-electron chi connectivity index (χ2n) is 5.67. The van der Waals surface area contributed by atoms with E-state index >= 15 is 0 Å². The normalized spacial score (nSPS) is 10.3.